The second-order valence-corrected chi connectivity index (χ2v) is 4.72. The van der Waals surface area contributed by atoms with Crippen LogP contribution < -0.4 is 10.6 Å². The lowest BCUT2D eigenvalue weighted by Gasteiger charge is -2.11. The van der Waals surface area contributed by atoms with Crippen molar-refractivity contribution in [2.24, 2.45) is 5.92 Å². The zero-order valence-electron chi connectivity index (χ0n) is 11.5. The normalized spacial score (nSPS) is 17.9. The van der Waals surface area contributed by atoms with Crippen molar-refractivity contribution in [1.29, 1.82) is 0 Å². The van der Waals surface area contributed by atoms with Crippen molar-refractivity contribution < 1.29 is 9.66 Å². The molecular weight excluding hydrogens is 262 g/mol. The van der Waals surface area contributed by atoms with E-state index in [0.29, 0.717) is 25.0 Å². The zero-order valence-corrected chi connectivity index (χ0v) is 11.5. The van der Waals surface area contributed by atoms with Crippen molar-refractivity contribution >= 4 is 17.5 Å². The fraction of sp³-hybridized carbons (Fsp3) is 0.667. The predicted molar refractivity (Wildman–Crippen MR) is 74.9 cm³/mol. The number of hydrogen-bond donors (Lipinski definition) is 2. The highest BCUT2D eigenvalue weighted by atomic mass is 16.6. The lowest BCUT2D eigenvalue weighted by molar-refractivity contribution is -0.384. The van der Waals surface area contributed by atoms with Crippen LogP contribution in [0.1, 0.15) is 19.8 Å². The van der Waals surface area contributed by atoms with E-state index in [0.717, 1.165) is 26.0 Å². The molecule has 0 radical (unpaired) electrons. The van der Waals surface area contributed by atoms with Gasteiger partial charge in [0.1, 0.15) is 6.20 Å². The van der Waals surface area contributed by atoms with E-state index < -0.39 is 4.92 Å². The van der Waals surface area contributed by atoms with Crippen LogP contribution in [0.2, 0.25) is 0 Å². The first-order chi connectivity index (χ1) is 9.70. The number of nitrogens with zero attached hydrogens (tertiary/aromatic N) is 3. The molecule has 1 saturated heterocycles. The van der Waals surface area contributed by atoms with Crippen molar-refractivity contribution in [3.8, 4) is 0 Å². The van der Waals surface area contributed by atoms with E-state index in [1.54, 1.807) is 0 Å². The number of anilines is 2. The fourth-order valence-electron chi connectivity index (χ4n) is 1.95. The van der Waals surface area contributed by atoms with Gasteiger partial charge in [-0.15, -0.1) is 0 Å². The Morgan fingerprint density at radius 3 is 3.05 bits per heavy atom. The third kappa shape index (κ3) is 3.77. The van der Waals surface area contributed by atoms with Crippen LogP contribution in [0.3, 0.4) is 0 Å². The average Bonchev–Trinajstić information content (AvgIpc) is 2.96. The molecule has 0 amide bonds. The van der Waals surface area contributed by atoms with Crippen molar-refractivity contribution in [2.45, 2.75) is 19.8 Å². The van der Waals surface area contributed by atoms with Gasteiger partial charge in [0.25, 0.3) is 0 Å². The van der Waals surface area contributed by atoms with Gasteiger partial charge in [-0.2, -0.15) is 4.98 Å². The molecule has 0 aliphatic carbocycles. The third-order valence-corrected chi connectivity index (χ3v) is 3.08. The molecule has 0 saturated carbocycles. The van der Waals surface area contributed by atoms with E-state index in [1.807, 2.05) is 6.92 Å². The maximum absolute atomic E-state index is 11.0. The summed E-state index contributed by atoms with van der Waals surface area (Å²) in [5.41, 5.74) is -0.106. The largest absolute Gasteiger partial charge is 0.381 e. The molecule has 1 aliphatic rings. The Balaban J connectivity index is 2.06. The molecule has 1 aliphatic heterocycles. The lowest BCUT2D eigenvalue weighted by atomic mass is 10.1. The number of rotatable bonds is 7. The topological polar surface area (TPSA) is 102 Å². The van der Waals surface area contributed by atoms with Gasteiger partial charge in [0.2, 0.25) is 11.8 Å². The third-order valence-electron chi connectivity index (χ3n) is 3.08. The lowest BCUT2D eigenvalue weighted by Crippen LogP contribution is -2.16. The molecule has 2 N–H and O–H groups in total. The molecule has 0 spiro atoms. The molecule has 8 nitrogen and oxygen atoms in total. The van der Waals surface area contributed by atoms with Crippen LogP contribution in [-0.2, 0) is 4.74 Å². The van der Waals surface area contributed by atoms with Crippen molar-refractivity contribution in [3.63, 3.8) is 0 Å². The Bertz CT molecular complexity index is 462. The van der Waals surface area contributed by atoms with Crippen LogP contribution in [0.5, 0.6) is 0 Å². The van der Waals surface area contributed by atoms with Crippen LogP contribution in [0.25, 0.3) is 0 Å². The first-order valence-corrected chi connectivity index (χ1v) is 6.77. The van der Waals surface area contributed by atoms with Crippen LogP contribution in [0.15, 0.2) is 6.20 Å². The summed E-state index contributed by atoms with van der Waals surface area (Å²) in [4.78, 5) is 18.6. The second-order valence-electron chi connectivity index (χ2n) is 4.72. The molecule has 1 aromatic rings. The van der Waals surface area contributed by atoms with Gasteiger partial charge in [0, 0.05) is 25.6 Å². The van der Waals surface area contributed by atoms with Gasteiger partial charge in [-0.3, -0.25) is 10.1 Å². The van der Waals surface area contributed by atoms with Crippen molar-refractivity contribution in [1.82, 2.24) is 9.97 Å². The number of nitro groups is 1. The van der Waals surface area contributed by atoms with E-state index in [9.17, 15) is 10.1 Å². The monoisotopic (exact) mass is 281 g/mol. The highest BCUT2D eigenvalue weighted by Crippen LogP contribution is 2.23. The molecule has 1 aromatic heterocycles. The molecular formula is C12H19N5O3. The number of nitrogens with one attached hydrogen (secondary N) is 2. The SMILES string of the molecule is CCCNc1ncc([N+](=O)[O-])c(NCC2CCOC2)n1. The zero-order chi connectivity index (χ0) is 14.4. The Labute approximate surface area is 117 Å². The molecule has 0 aromatic carbocycles. The summed E-state index contributed by atoms with van der Waals surface area (Å²) in [5, 5.41) is 17.0. The Morgan fingerprint density at radius 2 is 2.40 bits per heavy atom. The van der Waals surface area contributed by atoms with Gasteiger partial charge < -0.3 is 15.4 Å². The predicted octanol–water partition coefficient (Wildman–Crippen LogP) is 1.66. The first-order valence-electron chi connectivity index (χ1n) is 6.77. The molecule has 1 unspecified atom stereocenters. The van der Waals surface area contributed by atoms with Crippen LogP contribution in [0.4, 0.5) is 17.5 Å². The van der Waals surface area contributed by atoms with E-state index >= 15 is 0 Å². The molecule has 20 heavy (non-hydrogen) atoms. The average molecular weight is 281 g/mol. The van der Waals surface area contributed by atoms with E-state index in [1.165, 1.54) is 6.20 Å². The maximum atomic E-state index is 11.0. The highest BCUT2D eigenvalue weighted by Gasteiger charge is 2.20. The smallest absolute Gasteiger partial charge is 0.329 e. The van der Waals surface area contributed by atoms with Crippen LogP contribution in [-0.4, -0.2) is 41.2 Å². The number of aromatic nitrogens is 2. The van der Waals surface area contributed by atoms with Gasteiger partial charge >= 0.3 is 5.69 Å². The summed E-state index contributed by atoms with van der Waals surface area (Å²) in [6.07, 6.45) is 3.13. The van der Waals surface area contributed by atoms with Gasteiger partial charge in [0.05, 0.1) is 11.5 Å². The van der Waals surface area contributed by atoms with E-state index in [2.05, 4.69) is 20.6 Å². The van der Waals surface area contributed by atoms with Gasteiger partial charge in [-0.25, -0.2) is 4.98 Å². The van der Waals surface area contributed by atoms with Gasteiger partial charge in [-0.1, -0.05) is 6.92 Å². The summed E-state index contributed by atoms with van der Waals surface area (Å²) in [7, 11) is 0. The molecule has 110 valence electrons. The second kappa shape index (κ2) is 6.99. The molecule has 2 heterocycles. The van der Waals surface area contributed by atoms with Crippen molar-refractivity contribution in [2.75, 3.05) is 36.9 Å². The van der Waals surface area contributed by atoms with Crippen molar-refractivity contribution in [3.05, 3.63) is 16.3 Å². The molecule has 0 bridgehead atoms. The molecule has 1 fully saturated rings. The fourth-order valence-corrected chi connectivity index (χ4v) is 1.95. The highest BCUT2D eigenvalue weighted by molar-refractivity contribution is 5.56. The van der Waals surface area contributed by atoms with Crippen LogP contribution >= 0.6 is 0 Å². The summed E-state index contributed by atoms with van der Waals surface area (Å²) in [6, 6.07) is 0. The van der Waals surface area contributed by atoms with Gasteiger partial charge in [-0.05, 0) is 12.8 Å². The van der Waals surface area contributed by atoms with Crippen LogP contribution in [0, 0.1) is 16.0 Å². The summed E-state index contributed by atoms with van der Waals surface area (Å²) in [6.45, 7) is 4.81. The molecule has 1 atom stereocenters. The summed E-state index contributed by atoms with van der Waals surface area (Å²) < 4.78 is 5.28. The Morgan fingerprint density at radius 1 is 1.55 bits per heavy atom. The molecule has 8 heteroatoms. The number of hydrogen-bond acceptors (Lipinski definition) is 7. The standard InChI is InChI=1S/C12H19N5O3/c1-2-4-13-12-15-7-10(17(18)19)11(16-12)14-6-9-3-5-20-8-9/h7,9H,2-6,8H2,1H3,(H2,13,14,15,16). The van der Waals surface area contributed by atoms with E-state index in [4.69, 9.17) is 4.74 Å². The minimum absolute atomic E-state index is 0.106. The van der Waals surface area contributed by atoms with Gasteiger partial charge in [0.15, 0.2) is 0 Å². The van der Waals surface area contributed by atoms with E-state index in [-0.39, 0.29) is 11.5 Å². The minimum atomic E-state index is -0.475. The Hall–Kier alpha value is -1.96. The molecule has 2 rings (SSSR count). The quantitative estimate of drug-likeness (QED) is 0.578. The Kier molecular flexibility index (Phi) is 5.05. The maximum Gasteiger partial charge on any atom is 0.329 e. The summed E-state index contributed by atoms with van der Waals surface area (Å²) in [5.74, 6) is 1.04. The summed E-state index contributed by atoms with van der Waals surface area (Å²) >= 11 is 0. The number of ether oxygens (including phenoxy) is 1. The first kappa shape index (κ1) is 14.4. The minimum Gasteiger partial charge on any atom is -0.381 e.